The quantitative estimate of drug-likeness (QED) is 0.0337. The van der Waals surface area contributed by atoms with E-state index in [1.54, 1.807) is 98.3 Å². The van der Waals surface area contributed by atoms with Crippen molar-refractivity contribution in [2.24, 2.45) is 0 Å². The molecular weight excluding hydrogens is 3980 g/mol. The van der Waals surface area contributed by atoms with Gasteiger partial charge < -0.3 is 0 Å². The van der Waals surface area contributed by atoms with E-state index in [1.165, 1.54) is 19.7 Å². The highest BCUT2D eigenvalue weighted by Gasteiger charge is 2.12. The van der Waals surface area contributed by atoms with Gasteiger partial charge in [0, 0.05) is 1040 Å². The molecule has 124 heavy (non-hydrogen) atoms. The van der Waals surface area contributed by atoms with Gasteiger partial charge in [-0.05, 0) is 157 Å². The first-order valence-corrected chi connectivity index (χ1v) is 185. The Labute approximate surface area is 1190 Å². The van der Waals surface area contributed by atoms with Gasteiger partial charge in [0.2, 0.25) is 0 Å². The second-order valence-corrected chi connectivity index (χ2v) is 224. The van der Waals surface area contributed by atoms with E-state index in [-0.39, 0.29) is 0 Å². The molecule has 0 radical (unpaired) electrons. The second-order valence-electron chi connectivity index (χ2n) is 8.31. The molecule has 0 aromatic rings. The molecule has 746 valence electrons. The van der Waals surface area contributed by atoms with E-state index < -0.39 is 0 Å². The molecule has 0 atom stereocenters. The molecule has 0 N–H and O–H groups in total. The molecule has 0 aliphatic rings. The van der Waals surface area contributed by atoms with Crippen molar-refractivity contribution in [3.05, 3.63) is 0 Å². The summed E-state index contributed by atoms with van der Waals surface area (Å²) in [5.41, 5.74) is 0. The lowest BCUT2D eigenvalue weighted by molar-refractivity contribution is 5.59. The van der Waals surface area contributed by atoms with Crippen molar-refractivity contribution in [2.75, 3.05) is 0 Å². The molecule has 0 saturated carbocycles. The van der Waals surface area contributed by atoms with Crippen LogP contribution >= 0.6 is 1220 Å². The molecule has 0 aliphatic carbocycles. The summed E-state index contributed by atoms with van der Waals surface area (Å²) < 4.78 is 0. The zero-order valence-corrected chi connectivity index (χ0v) is 152. The van der Waals surface area contributed by atoms with Crippen LogP contribution in [0.4, 0.5) is 0 Å². The minimum absolute atomic E-state index is 1.49. The van der Waals surface area contributed by atoms with Crippen LogP contribution in [-0.4, -0.2) is 0 Å². The van der Waals surface area contributed by atoms with Gasteiger partial charge in [0.15, 0.2) is 0 Å². The zero-order chi connectivity index (χ0) is 88.3. The van der Waals surface area contributed by atoms with Gasteiger partial charge in [-0.15, -0.1) is 0 Å². The fourth-order valence-corrected chi connectivity index (χ4v) is 331. The second kappa shape index (κ2) is 166. The highest BCUT2D eigenvalue weighted by molar-refractivity contribution is 9.71. The maximum Gasteiger partial charge on any atom is 0 e. The summed E-state index contributed by atoms with van der Waals surface area (Å²) in [5.74, 6) is 0. The van der Waals surface area contributed by atoms with Crippen molar-refractivity contribution in [3.63, 3.8) is 0 Å². The SMILES string of the molecule is SSSSSSSSSSSSSSSSSSSSSSSSSSSSSSSSSSSSSSSSSSSSSSSSSSSSSSSSSSSSSSSSSSSSSSSSSSSSSSSSSSSSSSSSSSSSSSSSSSSSSSSSSSSSSSSSSSSSSSSSSSSS. The smallest absolute Gasteiger partial charge is 0 e. The average Bonchev–Trinajstić information content (AvgIpc) is 1.21. The number of hydrogen-bond acceptors (Lipinski definition) is 124. The minimum atomic E-state index is 1.49. The normalized spacial score (nSPS) is 11.9. The van der Waals surface area contributed by atoms with Crippen molar-refractivity contribution in [3.8, 4) is 0 Å². The maximum absolute atomic E-state index is 4.11. The Morgan fingerprint density at radius 2 is 0.0645 bits per heavy atom. The van der Waals surface area contributed by atoms with E-state index in [9.17, 15) is 0 Å². The van der Waals surface area contributed by atoms with Crippen LogP contribution < -0.4 is 0 Å². The van der Waals surface area contributed by atoms with Gasteiger partial charge in [-0.3, -0.25) is 0 Å². The van der Waals surface area contributed by atoms with E-state index in [0.29, 0.717) is 0 Å². The van der Waals surface area contributed by atoms with Crippen molar-refractivity contribution >= 4 is 1220 Å². The van der Waals surface area contributed by atoms with Crippen molar-refractivity contribution in [1.82, 2.24) is 0 Å². The molecular formula is H2S124. The highest BCUT2D eigenvalue weighted by Crippen LogP contribution is 2.76. The Kier molecular flexibility index (Phi) is 225. The molecule has 0 saturated heterocycles. The van der Waals surface area contributed by atoms with Crippen LogP contribution in [0, 0.1) is 0 Å². The molecule has 0 rings (SSSR count). The fraction of sp³-hybridized carbons (Fsp3) is 0. The molecule has 0 spiro atoms. The molecule has 0 aromatic carbocycles. The Balaban J connectivity index is 3.10. The van der Waals surface area contributed by atoms with E-state index in [1.807, 2.05) is 1080 Å². The third kappa shape index (κ3) is 165. The molecule has 0 unspecified atom stereocenters. The lowest BCUT2D eigenvalue weighted by Gasteiger charge is -2.00. The van der Waals surface area contributed by atoms with Gasteiger partial charge >= 0.3 is 0 Å². The lowest BCUT2D eigenvalue weighted by atomic mass is 30.1. The zero-order valence-electron chi connectivity index (χ0n) is 50.7. The predicted molar refractivity (Wildman–Crippen MR) is 944 cm³/mol. The van der Waals surface area contributed by atoms with Crippen LogP contribution in [0.25, 0.3) is 0 Å². The molecule has 0 fully saturated rings. The van der Waals surface area contributed by atoms with Gasteiger partial charge in [0.05, 0.1) is 0 Å². The van der Waals surface area contributed by atoms with E-state index in [2.05, 4.69) is 23.3 Å². The van der Waals surface area contributed by atoms with E-state index in [0.717, 1.165) is 0 Å². The summed E-state index contributed by atoms with van der Waals surface area (Å²) in [6.45, 7) is 0. The summed E-state index contributed by atoms with van der Waals surface area (Å²) >= 11 is 8.21. The summed E-state index contributed by atoms with van der Waals surface area (Å²) in [6.07, 6.45) is 0. The maximum atomic E-state index is 4.11. The Hall–Kier alpha value is 43.4. The first-order valence-electron chi connectivity index (χ1n) is 20.5. The number of thiol groups is 2. The molecule has 0 heterocycles. The largest absolute Gasteiger partial charge is 0.0988 e. The van der Waals surface area contributed by atoms with Gasteiger partial charge in [-0.2, -0.15) is 0 Å². The van der Waals surface area contributed by atoms with Crippen LogP contribution in [0.1, 0.15) is 0 Å². The highest BCUT2D eigenvalue weighted by atomic mass is 34.2. The Morgan fingerprint density at radius 3 is 0.0887 bits per heavy atom. The molecule has 0 amide bonds. The summed E-state index contributed by atoms with van der Waals surface area (Å²) in [5, 5.41) is 0. The topological polar surface area (TPSA) is 0 Å². The lowest BCUT2D eigenvalue weighted by Crippen LogP contribution is -1.35. The van der Waals surface area contributed by atoms with Crippen LogP contribution in [0.2, 0.25) is 0 Å². The summed E-state index contributed by atoms with van der Waals surface area (Å²) in [7, 11) is 222. The summed E-state index contributed by atoms with van der Waals surface area (Å²) in [4.78, 5) is 0. The third-order valence-corrected chi connectivity index (χ3v) is 273. The number of rotatable bonds is 121. The molecule has 124 heteroatoms. The number of hydrogen-bond donors (Lipinski definition) is 2. The van der Waals surface area contributed by atoms with Gasteiger partial charge in [-0.1, -0.05) is 23.3 Å². The average molecular weight is 3980 g/mol. The van der Waals surface area contributed by atoms with Gasteiger partial charge in [0.25, 0.3) is 0 Å². The van der Waals surface area contributed by atoms with Crippen molar-refractivity contribution in [2.45, 2.75) is 0 Å². The standard InChI is InChI=1S/H2S124/c1-3-5-7-9-11-13-15-17-19-21-23-25-27-29-31-33-35-37-39-41-43-45-47-49-51-53-55-57-59-61-63-65-67-69-71-73-75-77-79-81-83-85-87-89-91-93-95-97-99-101-103-105-107-109-111-113-115-117-119-121-123-124-122-120-118-116-114-112-110-108-106-104-102-100-98-96-94-92-90-88-86-84-82-80-78-76-74-72-70-68-66-64-62-60-58-56-54-52-50-48-46-44-42-40-38-36-34-32-30-28-26-24-22-20-18-16-14-12-10-8-6-4-2/h1-2H. The molecule has 0 aromatic heterocycles. The third-order valence-electron chi connectivity index (χ3n) is 3.37. The summed E-state index contributed by atoms with van der Waals surface area (Å²) in [6, 6.07) is 0. The molecule has 0 bridgehead atoms. The predicted octanol–water partition coefficient (Wildman–Crippen LogP) is 79.8. The van der Waals surface area contributed by atoms with Gasteiger partial charge in [-0.25, -0.2) is 0 Å². The minimum Gasteiger partial charge on any atom is -0.0988 e. The van der Waals surface area contributed by atoms with Crippen LogP contribution in [0.5, 0.6) is 0 Å². The van der Waals surface area contributed by atoms with Crippen LogP contribution in [-0.2, 0) is 0 Å². The van der Waals surface area contributed by atoms with Crippen molar-refractivity contribution in [1.29, 1.82) is 0 Å². The fourth-order valence-electron chi connectivity index (χ4n) is 1.36. The van der Waals surface area contributed by atoms with E-state index >= 15 is 0 Å². The molecule has 0 nitrogen and oxygen atoms in total. The van der Waals surface area contributed by atoms with E-state index in [4.69, 9.17) is 0 Å². The Bertz CT molecular complexity index is 1480. The first kappa shape index (κ1) is 167. The van der Waals surface area contributed by atoms with Gasteiger partial charge in [0.1, 0.15) is 0 Å². The molecule has 0 aliphatic heterocycles. The first-order chi connectivity index (χ1) is 61.9. The van der Waals surface area contributed by atoms with Crippen LogP contribution in [0.15, 0.2) is 0 Å². The van der Waals surface area contributed by atoms with Crippen LogP contribution in [0.3, 0.4) is 0 Å². The van der Waals surface area contributed by atoms with Crippen molar-refractivity contribution < 1.29 is 0 Å². The monoisotopic (exact) mass is 3970 g/mol. The Morgan fingerprint density at radius 1 is 0.0403 bits per heavy atom.